The van der Waals surface area contributed by atoms with Crippen molar-refractivity contribution in [1.82, 2.24) is 45.3 Å². The molecule has 2 aromatic heterocycles. The highest BCUT2D eigenvalue weighted by Gasteiger charge is 2.58. The van der Waals surface area contributed by atoms with E-state index in [-0.39, 0.29) is 61.6 Å². The number of carbonyl (C=O) groups excluding carboxylic acids is 4. The Morgan fingerprint density at radius 3 is 2.43 bits per heavy atom. The lowest BCUT2D eigenvalue weighted by atomic mass is 9.84. The lowest BCUT2D eigenvalue weighted by Crippen LogP contribution is -2.73. The molecule has 7 atom stereocenters. The van der Waals surface area contributed by atoms with Gasteiger partial charge < -0.3 is 43.5 Å². The molecule has 7 aliphatic heterocycles. The van der Waals surface area contributed by atoms with Crippen molar-refractivity contribution in [2.75, 3.05) is 109 Å². The molecule has 22 heteroatoms. The molecule has 19 nitrogen and oxygen atoms in total. The van der Waals surface area contributed by atoms with Crippen LogP contribution in [0.1, 0.15) is 115 Å². The summed E-state index contributed by atoms with van der Waals surface area (Å²) in [6.45, 7) is 11.8. The number of pyridine rings is 1. The number of likely N-dealkylation sites (tertiary alicyclic amines) is 1. The number of halogens is 3. The van der Waals surface area contributed by atoms with Gasteiger partial charge in [-0.25, -0.2) is 5.43 Å². The fraction of sp³-hybridized carbons (Fsp3) is 0.726. The molecular weight excluding hydrogens is 1080 g/mol. The van der Waals surface area contributed by atoms with Gasteiger partial charge in [0, 0.05) is 118 Å². The van der Waals surface area contributed by atoms with Gasteiger partial charge in [-0.15, -0.1) is 0 Å². The number of carbonyl (C=O) groups is 4. The van der Waals surface area contributed by atoms with E-state index in [1.807, 2.05) is 50.1 Å². The standard InChI is InChI=1S/C62H86F3N11O8/c1-38(81-4)52-47(28-44(31-66-52)71-20-18-70(19-21-71)42-13-14-42)56-48-30-60(2,3)37-83-51(77)26-41-10-7-17-76(69-41)58(79)49(29-45-32-72(22-24-82-45)43-15-16-50(46(48)27-43)75(56)36-62(63,64)65)67-57(78)55(40-8-5-6-9-40)73-23-25-84-61(33-73)34-74(35-61)59(80)54-53(68-54)39-11-12-39/h15-16,27-28,31,38-42,45,49,53-55,68-69H,5-14,17-26,29-30,32-37H2,1-4H3,(H,67,78)/t38-,41-,45-,49-,53+,54+,55-/m0/s1. The second kappa shape index (κ2) is 23.2. The van der Waals surface area contributed by atoms with Crippen LogP contribution in [0.15, 0.2) is 30.5 Å². The first kappa shape index (κ1) is 57.9. The number of rotatable bonds is 12. The molecule has 3 amide bonds. The van der Waals surface area contributed by atoms with Gasteiger partial charge in [-0.05, 0) is 106 Å². The predicted molar refractivity (Wildman–Crippen MR) is 309 cm³/mol. The Labute approximate surface area is 490 Å². The van der Waals surface area contributed by atoms with Gasteiger partial charge in [-0.2, -0.15) is 13.2 Å². The van der Waals surface area contributed by atoms with Crippen molar-refractivity contribution < 1.29 is 51.3 Å². The number of anilines is 2. The SMILES string of the molecule is CO[C@@H](C)c1ncc(N2CCN(C3CC3)CC2)cc1-c1c2c3cc(ccc3n1CC(F)(F)F)N1CCO[C@@H](C[C@H](NC(=O)[C@H](C3CCCC3)N3CCOC4(CN(C(=O)[C@@H]5N[C@@H]5C5CC5)C4)C3)C(=O)N3CCC[C@@H](CC(=O)OCC(C)(C)C2)N3)C1. The number of benzene rings is 1. The van der Waals surface area contributed by atoms with Crippen LogP contribution >= 0.6 is 0 Å². The normalized spacial score (nSPS) is 29.1. The lowest BCUT2D eigenvalue weighted by Gasteiger charge is -2.55. The van der Waals surface area contributed by atoms with Gasteiger partial charge in [0.15, 0.2) is 0 Å². The number of morpholine rings is 2. The van der Waals surface area contributed by atoms with E-state index in [1.54, 1.807) is 18.2 Å². The highest BCUT2D eigenvalue weighted by molar-refractivity contribution is 5.95. The zero-order valence-corrected chi connectivity index (χ0v) is 49.4. The quantitative estimate of drug-likeness (QED) is 0.151. The summed E-state index contributed by atoms with van der Waals surface area (Å²) >= 11 is 0. The first-order chi connectivity index (χ1) is 40.4. The molecule has 0 unspecified atom stereocenters. The maximum absolute atomic E-state index is 15.3. The number of hydrogen-bond donors (Lipinski definition) is 3. The molecule has 0 radical (unpaired) electrons. The third kappa shape index (κ3) is 12.3. The fourth-order valence-corrected chi connectivity index (χ4v) is 15.2. The van der Waals surface area contributed by atoms with Gasteiger partial charge >= 0.3 is 12.1 Å². The predicted octanol–water partition coefficient (Wildman–Crippen LogP) is 5.57. The van der Waals surface area contributed by atoms with E-state index < -0.39 is 60.0 Å². The van der Waals surface area contributed by atoms with Crippen molar-refractivity contribution in [2.24, 2.45) is 17.3 Å². The van der Waals surface area contributed by atoms with Gasteiger partial charge in [-0.1, -0.05) is 26.7 Å². The van der Waals surface area contributed by atoms with E-state index in [1.165, 1.54) is 30.3 Å². The number of methoxy groups -OCH3 is 1. The van der Waals surface area contributed by atoms with E-state index in [0.29, 0.717) is 117 Å². The molecule has 3 aromatic rings. The van der Waals surface area contributed by atoms with Crippen LogP contribution in [0.2, 0.25) is 0 Å². The maximum Gasteiger partial charge on any atom is 0.406 e. The second-order valence-corrected chi connectivity index (χ2v) is 27.1. The van der Waals surface area contributed by atoms with Gasteiger partial charge in [0.25, 0.3) is 5.91 Å². The molecule has 9 fully saturated rings. The van der Waals surface area contributed by atoms with E-state index in [2.05, 4.69) is 35.7 Å². The summed E-state index contributed by atoms with van der Waals surface area (Å²) in [5.74, 6) is -0.195. The molecule has 84 heavy (non-hydrogen) atoms. The van der Waals surface area contributed by atoms with Crippen molar-refractivity contribution in [3.05, 3.63) is 41.7 Å². The summed E-state index contributed by atoms with van der Waals surface area (Å²) < 4.78 is 72.3. The van der Waals surface area contributed by atoms with Crippen LogP contribution in [0.25, 0.3) is 22.2 Å². The summed E-state index contributed by atoms with van der Waals surface area (Å²) in [6, 6.07) is 6.50. The third-order valence-corrected chi connectivity index (χ3v) is 20.1. The van der Waals surface area contributed by atoms with Gasteiger partial charge in [0.2, 0.25) is 11.8 Å². The topological polar surface area (TPSA) is 188 Å². The number of fused-ring (bicyclic) bond motifs is 6. The molecular formula is C62H86F3N11O8. The molecule has 6 bridgehead atoms. The largest absolute Gasteiger partial charge is 0.465 e. The summed E-state index contributed by atoms with van der Waals surface area (Å²) in [4.78, 5) is 74.1. The average Bonchev–Trinajstić information content (AvgIpc) is 2.70. The smallest absolute Gasteiger partial charge is 0.406 e. The van der Waals surface area contributed by atoms with E-state index in [9.17, 15) is 9.59 Å². The minimum Gasteiger partial charge on any atom is -0.465 e. The number of alkyl halides is 3. The maximum atomic E-state index is 15.3. The van der Waals surface area contributed by atoms with Crippen LogP contribution in [-0.4, -0.2) is 206 Å². The zero-order valence-electron chi connectivity index (χ0n) is 49.4. The van der Waals surface area contributed by atoms with E-state index in [4.69, 9.17) is 23.9 Å². The first-order valence-corrected chi connectivity index (χ1v) is 31.5. The number of esters is 1. The number of hydrazine groups is 1. The van der Waals surface area contributed by atoms with E-state index >= 15 is 22.8 Å². The fourth-order valence-electron chi connectivity index (χ4n) is 15.2. The monoisotopic (exact) mass is 1170 g/mol. The number of piperazine rings is 1. The highest BCUT2D eigenvalue weighted by Crippen LogP contribution is 2.46. The van der Waals surface area contributed by atoms with Crippen LogP contribution in [-0.2, 0) is 51.1 Å². The summed E-state index contributed by atoms with van der Waals surface area (Å²) in [5.41, 5.74) is 6.22. The molecule has 10 aliphatic rings. The third-order valence-electron chi connectivity index (χ3n) is 20.1. The zero-order chi connectivity index (χ0) is 58.2. The van der Waals surface area contributed by atoms with Crippen LogP contribution in [0.4, 0.5) is 24.5 Å². The highest BCUT2D eigenvalue weighted by atomic mass is 19.4. The van der Waals surface area contributed by atoms with Gasteiger partial charge in [0.1, 0.15) is 24.2 Å². The first-order valence-electron chi connectivity index (χ1n) is 31.5. The molecule has 3 saturated carbocycles. The molecule has 3 aliphatic carbocycles. The van der Waals surface area contributed by atoms with Crippen LogP contribution < -0.4 is 25.9 Å². The Morgan fingerprint density at radius 2 is 1.69 bits per heavy atom. The minimum absolute atomic E-state index is 0.0159. The number of hydrogen-bond acceptors (Lipinski definition) is 15. The molecule has 3 N–H and O–H groups in total. The molecule has 1 spiro atoms. The van der Waals surface area contributed by atoms with Gasteiger partial charge in [-0.3, -0.25) is 44.3 Å². The number of nitrogens with zero attached hydrogens (tertiary/aromatic N) is 8. The molecule has 1 aromatic carbocycles. The van der Waals surface area contributed by atoms with Crippen LogP contribution in [0.5, 0.6) is 0 Å². The van der Waals surface area contributed by atoms with Crippen molar-refractivity contribution in [2.45, 2.75) is 171 Å². The van der Waals surface area contributed by atoms with Gasteiger partial charge in [0.05, 0.1) is 80.9 Å². The summed E-state index contributed by atoms with van der Waals surface area (Å²) in [5, 5.41) is 8.93. The van der Waals surface area contributed by atoms with Crippen LogP contribution in [0, 0.1) is 17.3 Å². The van der Waals surface area contributed by atoms with Crippen molar-refractivity contribution in [3.63, 3.8) is 0 Å². The van der Waals surface area contributed by atoms with Crippen molar-refractivity contribution in [3.8, 4) is 11.3 Å². The number of amides is 3. The molecule has 9 heterocycles. The molecule has 13 rings (SSSR count). The Morgan fingerprint density at radius 1 is 0.905 bits per heavy atom. The Balaban J connectivity index is 0.826. The van der Waals surface area contributed by atoms with E-state index in [0.717, 1.165) is 63.2 Å². The number of aromatic nitrogens is 2. The molecule has 6 saturated heterocycles. The number of cyclic esters (lactones) is 1. The Kier molecular flexibility index (Phi) is 16.0. The van der Waals surface area contributed by atoms with Crippen molar-refractivity contribution >= 4 is 46.0 Å². The summed E-state index contributed by atoms with van der Waals surface area (Å²) in [7, 11) is 1.58. The average molecular weight is 1170 g/mol. The number of ether oxygens (including phenoxy) is 4. The van der Waals surface area contributed by atoms with Crippen molar-refractivity contribution in [1.29, 1.82) is 0 Å². The molecule has 458 valence electrons. The lowest BCUT2D eigenvalue weighted by molar-refractivity contribution is -0.197. The second-order valence-electron chi connectivity index (χ2n) is 27.1. The Bertz CT molecular complexity index is 2950. The Hall–Kier alpha value is -5.10. The minimum atomic E-state index is -4.60. The number of nitrogens with one attached hydrogen (secondary N) is 3. The summed E-state index contributed by atoms with van der Waals surface area (Å²) in [6.07, 6.45) is 6.31. The van der Waals surface area contributed by atoms with Crippen LogP contribution in [0.3, 0.4) is 0 Å².